The van der Waals surface area contributed by atoms with Gasteiger partial charge >= 0.3 is 0 Å². The van der Waals surface area contributed by atoms with Crippen molar-refractivity contribution in [3.05, 3.63) is 46.2 Å². The molecule has 1 unspecified atom stereocenters. The maximum absolute atomic E-state index is 12.8. The van der Waals surface area contributed by atoms with Crippen molar-refractivity contribution in [2.75, 3.05) is 4.31 Å². The molecule has 0 aliphatic carbocycles. The molecule has 0 saturated carbocycles. The lowest BCUT2D eigenvalue weighted by atomic mass is 10.1. The van der Waals surface area contributed by atoms with Crippen LogP contribution in [0, 0.1) is 0 Å². The Morgan fingerprint density at radius 3 is 2.76 bits per heavy atom. The first kappa shape index (κ1) is 14.1. The van der Waals surface area contributed by atoms with Gasteiger partial charge in [-0.3, -0.25) is 9.10 Å². The number of hydrogen-bond acceptors (Lipinski definition) is 4. The van der Waals surface area contributed by atoms with Crippen LogP contribution >= 0.6 is 11.3 Å². The zero-order chi connectivity index (χ0) is 15.2. The highest BCUT2D eigenvalue weighted by Crippen LogP contribution is 2.37. The fourth-order valence-electron chi connectivity index (χ4n) is 2.60. The van der Waals surface area contributed by atoms with Crippen LogP contribution in [0.5, 0.6) is 0 Å². The smallest absolute Gasteiger partial charge is 0.265 e. The van der Waals surface area contributed by atoms with Gasteiger partial charge in [-0.15, -0.1) is 11.3 Å². The van der Waals surface area contributed by atoms with Crippen LogP contribution in [0.15, 0.2) is 40.6 Å². The summed E-state index contributed by atoms with van der Waals surface area (Å²) in [5.41, 5.74) is 6.91. The van der Waals surface area contributed by atoms with Crippen LogP contribution in [0.2, 0.25) is 0 Å². The highest BCUT2D eigenvalue weighted by atomic mass is 32.2. The number of rotatable bonds is 3. The number of fused-ring (bicyclic) bond motifs is 1. The summed E-state index contributed by atoms with van der Waals surface area (Å²) in [5.74, 6) is -0.615. The second-order valence-corrected chi connectivity index (χ2v) is 7.72. The average molecular weight is 322 g/mol. The zero-order valence-corrected chi connectivity index (χ0v) is 12.9. The molecular weight excluding hydrogens is 308 g/mol. The first-order chi connectivity index (χ1) is 9.91. The molecule has 5 nitrogen and oxygen atoms in total. The lowest BCUT2D eigenvalue weighted by Crippen LogP contribution is -2.35. The number of para-hydroxylation sites is 1. The van der Waals surface area contributed by atoms with Gasteiger partial charge in [0.1, 0.15) is 0 Å². The molecule has 7 heteroatoms. The third-order valence-corrected chi connectivity index (χ3v) is 6.52. The molecule has 2 aromatic rings. The van der Waals surface area contributed by atoms with Crippen LogP contribution in [-0.2, 0) is 16.4 Å². The van der Waals surface area contributed by atoms with Crippen molar-refractivity contribution in [1.29, 1.82) is 0 Å². The van der Waals surface area contributed by atoms with Crippen LogP contribution in [0.3, 0.4) is 0 Å². The van der Waals surface area contributed by atoms with Gasteiger partial charge in [-0.1, -0.05) is 18.2 Å². The second-order valence-electron chi connectivity index (χ2n) is 4.99. The number of amides is 1. The summed E-state index contributed by atoms with van der Waals surface area (Å²) < 4.78 is 27.1. The van der Waals surface area contributed by atoms with E-state index < -0.39 is 15.9 Å². The van der Waals surface area contributed by atoms with Crippen molar-refractivity contribution in [3.63, 3.8) is 0 Å². The molecule has 1 aliphatic heterocycles. The molecule has 0 radical (unpaired) electrons. The Hall–Kier alpha value is -1.86. The maximum atomic E-state index is 12.8. The van der Waals surface area contributed by atoms with Gasteiger partial charge in [0.2, 0.25) is 0 Å². The van der Waals surface area contributed by atoms with Crippen molar-refractivity contribution in [1.82, 2.24) is 0 Å². The van der Waals surface area contributed by atoms with Gasteiger partial charge in [-0.25, -0.2) is 8.42 Å². The van der Waals surface area contributed by atoms with E-state index in [1.54, 1.807) is 6.07 Å². The molecular formula is C14H14N2O3S2. The topological polar surface area (TPSA) is 80.5 Å². The fraction of sp³-hybridized carbons (Fsp3) is 0.214. The number of hydrogen-bond donors (Lipinski definition) is 1. The van der Waals surface area contributed by atoms with Gasteiger partial charge in [0.25, 0.3) is 15.9 Å². The molecule has 110 valence electrons. The normalized spacial score (nSPS) is 17.8. The molecule has 0 saturated heterocycles. The number of nitrogens with zero attached hydrogens (tertiary/aromatic N) is 1. The average Bonchev–Trinajstić information content (AvgIpc) is 3.02. The fourth-order valence-corrected chi connectivity index (χ4v) is 5.41. The predicted molar refractivity (Wildman–Crippen MR) is 82.1 cm³/mol. The molecule has 3 rings (SSSR count). The Labute approximate surface area is 127 Å². The minimum atomic E-state index is -3.68. The number of anilines is 1. The number of carbonyl (C=O) groups is 1. The van der Waals surface area contributed by atoms with E-state index in [9.17, 15) is 13.2 Å². The Bertz CT molecular complexity index is 811. The molecule has 1 aliphatic rings. The zero-order valence-electron chi connectivity index (χ0n) is 11.3. The number of primary amides is 1. The van der Waals surface area contributed by atoms with Gasteiger partial charge in [0.05, 0.1) is 15.5 Å². The van der Waals surface area contributed by atoms with E-state index in [-0.39, 0.29) is 15.8 Å². The third kappa shape index (κ3) is 2.22. The monoisotopic (exact) mass is 322 g/mol. The molecule has 2 N–H and O–H groups in total. The molecule has 1 aromatic carbocycles. The first-order valence-corrected chi connectivity index (χ1v) is 8.74. The summed E-state index contributed by atoms with van der Waals surface area (Å²) in [6, 6.07) is 8.65. The van der Waals surface area contributed by atoms with E-state index >= 15 is 0 Å². The molecule has 0 spiro atoms. The van der Waals surface area contributed by atoms with Gasteiger partial charge in [-0.05, 0) is 31.0 Å². The van der Waals surface area contributed by atoms with Gasteiger partial charge in [0, 0.05) is 11.4 Å². The summed E-state index contributed by atoms with van der Waals surface area (Å²) >= 11 is 1.05. The molecule has 2 heterocycles. The molecule has 1 atom stereocenters. The number of nitrogens with two attached hydrogens (primary N) is 1. The lowest BCUT2D eigenvalue weighted by Gasteiger charge is -2.23. The summed E-state index contributed by atoms with van der Waals surface area (Å²) in [6.45, 7) is 1.87. The Morgan fingerprint density at radius 1 is 1.38 bits per heavy atom. The van der Waals surface area contributed by atoms with Crippen molar-refractivity contribution in [2.24, 2.45) is 5.73 Å². The minimum absolute atomic E-state index is 0.116. The molecule has 1 amide bonds. The van der Waals surface area contributed by atoms with Gasteiger partial charge < -0.3 is 5.73 Å². The van der Waals surface area contributed by atoms with E-state index in [1.807, 2.05) is 25.1 Å². The summed E-state index contributed by atoms with van der Waals surface area (Å²) in [4.78, 5) is 11.5. The van der Waals surface area contributed by atoms with Crippen LogP contribution in [-0.4, -0.2) is 20.4 Å². The quantitative estimate of drug-likeness (QED) is 0.938. The Morgan fingerprint density at radius 2 is 2.10 bits per heavy atom. The van der Waals surface area contributed by atoms with Crippen molar-refractivity contribution in [2.45, 2.75) is 24.3 Å². The van der Waals surface area contributed by atoms with Crippen LogP contribution in [0.1, 0.15) is 22.2 Å². The van der Waals surface area contributed by atoms with Crippen LogP contribution < -0.4 is 10.0 Å². The van der Waals surface area contributed by atoms with Crippen LogP contribution in [0.4, 0.5) is 5.69 Å². The SMILES string of the molecule is CC1Cc2ccccc2N1S(=O)(=O)c1csc(C(N)=O)c1. The standard InChI is InChI=1S/C14H14N2O3S2/c1-9-6-10-4-2-3-5-12(10)16(9)21(18,19)11-7-13(14(15)17)20-8-11/h2-5,7-9H,6H2,1H3,(H2,15,17). The summed E-state index contributed by atoms with van der Waals surface area (Å²) in [7, 11) is -3.68. The van der Waals surface area contributed by atoms with Crippen molar-refractivity contribution in [3.8, 4) is 0 Å². The van der Waals surface area contributed by atoms with E-state index in [0.29, 0.717) is 12.1 Å². The minimum Gasteiger partial charge on any atom is -0.365 e. The van der Waals surface area contributed by atoms with Crippen LogP contribution in [0.25, 0.3) is 0 Å². The number of sulfonamides is 1. The van der Waals surface area contributed by atoms with E-state index in [1.165, 1.54) is 15.8 Å². The predicted octanol–water partition coefficient (Wildman–Crippen LogP) is 1.99. The number of benzene rings is 1. The molecule has 21 heavy (non-hydrogen) atoms. The molecule has 1 aromatic heterocycles. The summed E-state index contributed by atoms with van der Waals surface area (Å²) in [6.07, 6.45) is 0.683. The number of thiophene rings is 1. The van der Waals surface area contributed by atoms with Gasteiger partial charge in [-0.2, -0.15) is 0 Å². The highest BCUT2D eigenvalue weighted by molar-refractivity contribution is 7.93. The molecule has 0 bridgehead atoms. The lowest BCUT2D eigenvalue weighted by molar-refractivity contribution is 0.100. The molecule has 0 fully saturated rings. The third-order valence-electron chi connectivity index (χ3n) is 3.52. The van der Waals surface area contributed by atoms with E-state index in [0.717, 1.165) is 16.9 Å². The first-order valence-electron chi connectivity index (χ1n) is 6.42. The second kappa shape index (κ2) is 4.85. The van der Waals surface area contributed by atoms with Gasteiger partial charge in [0.15, 0.2) is 0 Å². The largest absolute Gasteiger partial charge is 0.365 e. The van der Waals surface area contributed by atoms with Crippen molar-refractivity contribution < 1.29 is 13.2 Å². The van der Waals surface area contributed by atoms with Crippen molar-refractivity contribution >= 4 is 33.0 Å². The Balaban J connectivity index is 2.08. The maximum Gasteiger partial charge on any atom is 0.265 e. The summed E-state index contributed by atoms with van der Waals surface area (Å²) in [5, 5.41) is 1.46. The highest BCUT2D eigenvalue weighted by Gasteiger charge is 2.36. The van der Waals surface area contributed by atoms with E-state index in [2.05, 4.69) is 0 Å². The number of carbonyl (C=O) groups excluding carboxylic acids is 1. The van der Waals surface area contributed by atoms with E-state index in [4.69, 9.17) is 5.73 Å². The Kier molecular flexibility index (Phi) is 3.26.